The summed E-state index contributed by atoms with van der Waals surface area (Å²) in [5.74, 6) is 0.888. The molecular weight excluding hydrogens is 324 g/mol. The van der Waals surface area contributed by atoms with E-state index in [4.69, 9.17) is 9.84 Å². The first-order chi connectivity index (χ1) is 11.7. The summed E-state index contributed by atoms with van der Waals surface area (Å²) in [5.41, 5.74) is 2.28. The summed E-state index contributed by atoms with van der Waals surface area (Å²) in [5, 5.41) is 14.3. The van der Waals surface area contributed by atoms with Crippen molar-refractivity contribution >= 4 is 22.0 Å². The van der Waals surface area contributed by atoms with Gasteiger partial charge in [-0.15, -0.1) is 10.2 Å². The molecule has 0 atom stereocenters. The van der Waals surface area contributed by atoms with Gasteiger partial charge in [0.05, 0.1) is 19.8 Å². The summed E-state index contributed by atoms with van der Waals surface area (Å²) >= 11 is 1.57. The smallest absolute Gasteiger partial charge is 0.235 e. The normalized spacial score (nSPS) is 15.9. The number of anilines is 1. The molecule has 0 spiro atoms. The van der Waals surface area contributed by atoms with Crippen molar-refractivity contribution in [2.45, 2.75) is 6.54 Å². The summed E-state index contributed by atoms with van der Waals surface area (Å²) < 4.78 is 7.26. The lowest BCUT2D eigenvalue weighted by molar-refractivity contribution is 0.0328. The standard InChI is InChI=1S/C16H20N6OS/c1-20(2)13-5-3-12(4-6-13)15-19-22-14(17-18-16(22)24-15)11-21-7-9-23-10-8-21/h3-6H,7-11H2,1-2H3. The molecule has 1 aliphatic heterocycles. The molecule has 1 fully saturated rings. The molecule has 0 unspecified atom stereocenters. The highest BCUT2D eigenvalue weighted by molar-refractivity contribution is 7.19. The molecule has 3 heterocycles. The first-order valence-electron chi connectivity index (χ1n) is 8.00. The van der Waals surface area contributed by atoms with Crippen LogP contribution in [0.5, 0.6) is 0 Å². The fraction of sp³-hybridized carbons (Fsp3) is 0.438. The Morgan fingerprint density at radius 2 is 1.88 bits per heavy atom. The molecule has 0 amide bonds. The van der Waals surface area contributed by atoms with Gasteiger partial charge in [-0.2, -0.15) is 9.61 Å². The molecule has 8 heteroatoms. The van der Waals surface area contributed by atoms with Gasteiger partial charge in [-0.1, -0.05) is 11.3 Å². The topological polar surface area (TPSA) is 58.8 Å². The lowest BCUT2D eigenvalue weighted by Crippen LogP contribution is -2.36. The average Bonchev–Trinajstić information content (AvgIpc) is 3.18. The first kappa shape index (κ1) is 15.5. The van der Waals surface area contributed by atoms with Gasteiger partial charge < -0.3 is 9.64 Å². The van der Waals surface area contributed by atoms with Crippen LogP contribution in [0.4, 0.5) is 5.69 Å². The lowest BCUT2D eigenvalue weighted by atomic mass is 10.2. The minimum absolute atomic E-state index is 0.757. The van der Waals surface area contributed by atoms with Gasteiger partial charge in [0.2, 0.25) is 4.96 Å². The molecule has 0 bridgehead atoms. The molecule has 1 aliphatic rings. The Kier molecular flexibility index (Phi) is 4.17. The molecule has 3 aromatic rings. The minimum Gasteiger partial charge on any atom is -0.379 e. The third-order valence-corrected chi connectivity index (χ3v) is 5.10. The SMILES string of the molecule is CN(C)c1ccc(-c2nn3c(CN4CCOCC4)nnc3s2)cc1. The molecule has 24 heavy (non-hydrogen) atoms. The van der Waals surface area contributed by atoms with Gasteiger partial charge in [-0.3, -0.25) is 4.90 Å². The van der Waals surface area contributed by atoms with E-state index in [1.165, 1.54) is 5.69 Å². The van der Waals surface area contributed by atoms with Gasteiger partial charge in [0.15, 0.2) is 5.82 Å². The van der Waals surface area contributed by atoms with E-state index in [1.54, 1.807) is 11.3 Å². The van der Waals surface area contributed by atoms with Crippen molar-refractivity contribution in [2.75, 3.05) is 45.3 Å². The monoisotopic (exact) mass is 344 g/mol. The highest BCUT2D eigenvalue weighted by Crippen LogP contribution is 2.27. The molecule has 4 rings (SSSR count). The Hall–Kier alpha value is -2.03. The summed E-state index contributed by atoms with van der Waals surface area (Å²) in [6, 6.07) is 8.41. The van der Waals surface area contributed by atoms with E-state index in [9.17, 15) is 0 Å². The Labute approximate surface area is 144 Å². The van der Waals surface area contributed by atoms with Gasteiger partial charge in [0.1, 0.15) is 5.01 Å². The number of nitrogens with zero attached hydrogens (tertiary/aromatic N) is 6. The Balaban J connectivity index is 1.59. The van der Waals surface area contributed by atoms with Crippen LogP contribution in [0.2, 0.25) is 0 Å². The van der Waals surface area contributed by atoms with E-state index in [0.29, 0.717) is 0 Å². The van der Waals surface area contributed by atoms with Crippen molar-refractivity contribution < 1.29 is 4.74 Å². The van der Waals surface area contributed by atoms with E-state index in [0.717, 1.165) is 54.2 Å². The highest BCUT2D eigenvalue weighted by Gasteiger charge is 2.17. The summed E-state index contributed by atoms with van der Waals surface area (Å²) in [4.78, 5) is 5.25. The summed E-state index contributed by atoms with van der Waals surface area (Å²) in [6.07, 6.45) is 0. The summed E-state index contributed by atoms with van der Waals surface area (Å²) in [6.45, 7) is 4.17. The third-order valence-electron chi connectivity index (χ3n) is 4.15. The number of hydrogen-bond donors (Lipinski definition) is 0. The predicted octanol–water partition coefficient (Wildman–Crippen LogP) is 1.75. The van der Waals surface area contributed by atoms with Gasteiger partial charge in [0, 0.05) is 38.4 Å². The minimum atomic E-state index is 0.757. The molecule has 0 radical (unpaired) electrons. The predicted molar refractivity (Wildman–Crippen MR) is 94.5 cm³/mol. The number of morpholine rings is 1. The zero-order chi connectivity index (χ0) is 16.5. The van der Waals surface area contributed by atoms with Crippen LogP contribution in [0, 0.1) is 0 Å². The Morgan fingerprint density at radius 3 is 2.58 bits per heavy atom. The maximum atomic E-state index is 5.39. The van der Waals surface area contributed by atoms with Crippen LogP contribution < -0.4 is 4.90 Å². The molecular formula is C16H20N6OS. The molecule has 0 aliphatic carbocycles. The third kappa shape index (κ3) is 3.00. The van der Waals surface area contributed by atoms with Crippen LogP contribution in [0.3, 0.4) is 0 Å². The summed E-state index contributed by atoms with van der Waals surface area (Å²) in [7, 11) is 4.08. The number of aromatic nitrogens is 4. The number of fused-ring (bicyclic) bond motifs is 1. The van der Waals surface area contributed by atoms with Crippen molar-refractivity contribution in [1.29, 1.82) is 0 Å². The van der Waals surface area contributed by atoms with Crippen LogP contribution in [-0.4, -0.2) is 65.1 Å². The quantitative estimate of drug-likeness (QED) is 0.719. The number of rotatable bonds is 4. The Morgan fingerprint density at radius 1 is 1.12 bits per heavy atom. The van der Waals surface area contributed by atoms with Crippen LogP contribution in [-0.2, 0) is 11.3 Å². The van der Waals surface area contributed by atoms with Crippen LogP contribution in [0.15, 0.2) is 24.3 Å². The number of ether oxygens (including phenoxy) is 1. The largest absolute Gasteiger partial charge is 0.379 e. The van der Waals surface area contributed by atoms with Gasteiger partial charge in [-0.05, 0) is 24.3 Å². The van der Waals surface area contributed by atoms with Crippen LogP contribution >= 0.6 is 11.3 Å². The zero-order valence-corrected chi connectivity index (χ0v) is 14.7. The Bertz CT molecular complexity index is 819. The lowest BCUT2D eigenvalue weighted by Gasteiger charge is -2.25. The van der Waals surface area contributed by atoms with E-state index in [-0.39, 0.29) is 0 Å². The number of benzene rings is 1. The molecule has 7 nitrogen and oxygen atoms in total. The highest BCUT2D eigenvalue weighted by atomic mass is 32.1. The van der Waals surface area contributed by atoms with Crippen molar-refractivity contribution in [3.63, 3.8) is 0 Å². The van der Waals surface area contributed by atoms with E-state index in [2.05, 4.69) is 44.3 Å². The first-order valence-corrected chi connectivity index (χ1v) is 8.81. The maximum absolute atomic E-state index is 5.39. The molecule has 1 aromatic carbocycles. The van der Waals surface area contributed by atoms with Gasteiger partial charge >= 0.3 is 0 Å². The molecule has 0 saturated carbocycles. The second-order valence-corrected chi connectivity index (χ2v) is 7.00. The number of hydrogen-bond acceptors (Lipinski definition) is 7. The van der Waals surface area contributed by atoms with Crippen molar-refractivity contribution in [3.8, 4) is 10.6 Å². The molecule has 1 saturated heterocycles. The van der Waals surface area contributed by atoms with E-state index >= 15 is 0 Å². The van der Waals surface area contributed by atoms with E-state index in [1.807, 2.05) is 18.6 Å². The van der Waals surface area contributed by atoms with Gasteiger partial charge in [-0.25, -0.2) is 0 Å². The van der Waals surface area contributed by atoms with Crippen molar-refractivity contribution in [1.82, 2.24) is 24.7 Å². The molecule has 126 valence electrons. The second kappa shape index (κ2) is 6.46. The van der Waals surface area contributed by atoms with Crippen LogP contribution in [0.25, 0.3) is 15.5 Å². The van der Waals surface area contributed by atoms with E-state index < -0.39 is 0 Å². The van der Waals surface area contributed by atoms with Crippen molar-refractivity contribution in [3.05, 3.63) is 30.1 Å². The average molecular weight is 344 g/mol. The molecule has 2 aromatic heterocycles. The fourth-order valence-electron chi connectivity index (χ4n) is 2.73. The molecule has 0 N–H and O–H groups in total. The van der Waals surface area contributed by atoms with Gasteiger partial charge in [0.25, 0.3) is 0 Å². The maximum Gasteiger partial charge on any atom is 0.235 e. The fourth-order valence-corrected chi connectivity index (χ4v) is 3.60. The second-order valence-electron chi connectivity index (χ2n) is 6.05. The van der Waals surface area contributed by atoms with Crippen LogP contribution in [0.1, 0.15) is 5.82 Å². The zero-order valence-electron chi connectivity index (χ0n) is 13.8. The van der Waals surface area contributed by atoms with Crippen molar-refractivity contribution in [2.24, 2.45) is 0 Å².